The van der Waals surface area contributed by atoms with E-state index in [1.165, 1.54) is 29.3 Å². The van der Waals surface area contributed by atoms with Crippen LogP contribution in [-0.4, -0.2) is 21.9 Å². The minimum Gasteiger partial charge on any atom is -0.298 e. The number of rotatable bonds is 3. The van der Waals surface area contributed by atoms with Crippen LogP contribution >= 0.6 is 23.8 Å². The average Bonchev–Trinajstić information content (AvgIpc) is 2.73. The first-order valence-corrected chi connectivity index (χ1v) is 9.59. The molecule has 0 spiro atoms. The first-order chi connectivity index (χ1) is 14.4. The fourth-order valence-corrected chi connectivity index (χ4v) is 3.46. The van der Waals surface area contributed by atoms with Crippen molar-refractivity contribution in [3.8, 4) is 11.1 Å². The molecule has 8 heteroatoms. The van der Waals surface area contributed by atoms with Crippen molar-refractivity contribution < 1.29 is 14.0 Å². The zero-order chi connectivity index (χ0) is 21.3. The zero-order valence-electron chi connectivity index (χ0n) is 15.3. The summed E-state index contributed by atoms with van der Waals surface area (Å²) in [6, 6.07) is 14.2. The van der Waals surface area contributed by atoms with Crippen LogP contribution in [0.2, 0.25) is 5.02 Å². The molecule has 2 aromatic carbocycles. The molecule has 5 nitrogen and oxygen atoms in total. The quantitative estimate of drug-likeness (QED) is 0.375. The maximum Gasteiger partial charge on any atom is 0.270 e. The number of amides is 2. The highest BCUT2D eigenvalue weighted by Gasteiger charge is 2.34. The Bertz CT molecular complexity index is 1190. The summed E-state index contributed by atoms with van der Waals surface area (Å²) in [5.41, 5.74) is 2.33. The number of carbonyl (C=O) groups excluding carboxylic acids is 2. The highest BCUT2D eigenvalue weighted by Crippen LogP contribution is 2.28. The molecule has 0 atom stereocenters. The van der Waals surface area contributed by atoms with E-state index in [1.807, 2.05) is 0 Å². The van der Waals surface area contributed by atoms with Gasteiger partial charge in [-0.05, 0) is 71.9 Å². The maximum absolute atomic E-state index is 13.3. The number of halogens is 2. The van der Waals surface area contributed by atoms with Gasteiger partial charge in [0.1, 0.15) is 11.4 Å². The van der Waals surface area contributed by atoms with Crippen LogP contribution in [0.1, 0.15) is 5.56 Å². The van der Waals surface area contributed by atoms with Crippen LogP contribution in [0.5, 0.6) is 0 Å². The Morgan fingerprint density at radius 1 is 1.03 bits per heavy atom. The second kappa shape index (κ2) is 8.14. The molecular formula is C22H13ClFN3O2S. The van der Waals surface area contributed by atoms with Gasteiger partial charge in [0, 0.05) is 23.0 Å². The van der Waals surface area contributed by atoms with Crippen molar-refractivity contribution in [2.24, 2.45) is 0 Å². The van der Waals surface area contributed by atoms with Crippen molar-refractivity contribution in [1.82, 2.24) is 10.3 Å². The van der Waals surface area contributed by atoms with E-state index in [1.54, 1.807) is 48.7 Å². The number of thiocarbonyl (C=S) groups is 1. The van der Waals surface area contributed by atoms with Gasteiger partial charge in [-0.15, -0.1) is 0 Å². The Kier molecular flexibility index (Phi) is 5.39. The van der Waals surface area contributed by atoms with Gasteiger partial charge in [-0.2, -0.15) is 0 Å². The highest BCUT2D eigenvalue weighted by atomic mass is 35.5. The van der Waals surface area contributed by atoms with E-state index < -0.39 is 11.8 Å². The number of carbonyl (C=O) groups is 2. The molecule has 148 valence electrons. The molecule has 1 aromatic heterocycles. The predicted octanol–water partition coefficient (Wildman–Crippen LogP) is 4.37. The summed E-state index contributed by atoms with van der Waals surface area (Å²) in [6.45, 7) is 0. The molecule has 2 heterocycles. The second-order valence-corrected chi connectivity index (χ2v) is 7.23. The van der Waals surface area contributed by atoms with Crippen LogP contribution in [0.15, 0.2) is 72.6 Å². The van der Waals surface area contributed by atoms with E-state index >= 15 is 0 Å². The lowest BCUT2D eigenvalue weighted by atomic mass is 9.99. The molecule has 0 aliphatic carbocycles. The smallest absolute Gasteiger partial charge is 0.270 e. The zero-order valence-corrected chi connectivity index (χ0v) is 16.9. The van der Waals surface area contributed by atoms with E-state index in [-0.39, 0.29) is 16.5 Å². The van der Waals surface area contributed by atoms with E-state index in [9.17, 15) is 14.0 Å². The molecule has 0 saturated carbocycles. The predicted molar refractivity (Wildman–Crippen MR) is 117 cm³/mol. The minimum absolute atomic E-state index is 0.0191. The lowest BCUT2D eigenvalue weighted by Crippen LogP contribution is -2.54. The molecule has 2 amide bonds. The standard InChI is InChI=1S/C22H13ClFN3O2S/c23-15-3-7-17(8-4-15)27-21(29)19(20(28)26-22(27)30)11-14-12-25-10-9-18(14)13-1-5-16(24)6-2-13/h1-12H,(H,26,28,30). The van der Waals surface area contributed by atoms with E-state index in [4.69, 9.17) is 23.8 Å². The molecule has 0 unspecified atom stereocenters. The third-order valence-electron chi connectivity index (χ3n) is 4.49. The van der Waals surface area contributed by atoms with Gasteiger partial charge >= 0.3 is 0 Å². The van der Waals surface area contributed by atoms with Crippen LogP contribution in [0.25, 0.3) is 17.2 Å². The fraction of sp³-hybridized carbons (Fsp3) is 0. The van der Waals surface area contributed by atoms with Crippen LogP contribution in [0, 0.1) is 5.82 Å². The molecule has 1 aliphatic heterocycles. The number of nitrogens with one attached hydrogen (secondary N) is 1. The van der Waals surface area contributed by atoms with Crippen molar-refractivity contribution in [2.75, 3.05) is 4.90 Å². The van der Waals surface area contributed by atoms with Gasteiger partial charge in [0.25, 0.3) is 11.8 Å². The molecule has 0 radical (unpaired) electrons. The molecule has 1 fully saturated rings. The Balaban J connectivity index is 1.77. The number of anilines is 1. The van der Waals surface area contributed by atoms with Gasteiger partial charge in [-0.1, -0.05) is 23.7 Å². The van der Waals surface area contributed by atoms with Gasteiger partial charge in [0.15, 0.2) is 5.11 Å². The number of benzene rings is 2. The highest BCUT2D eigenvalue weighted by molar-refractivity contribution is 7.80. The number of hydrogen-bond donors (Lipinski definition) is 1. The van der Waals surface area contributed by atoms with Crippen LogP contribution in [0.3, 0.4) is 0 Å². The lowest BCUT2D eigenvalue weighted by molar-refractivity contribution is -0.122. The summed E-state index contributed by atoms with van der Waals surface area (Å²) in [6.07, 6.45) is 4.57. The number of aromatic nitrogens is 1. The van der Waals surface area contributed by atoms with E-state index in [0.29, 0.717) is 21.8 Å². The lowest BCUT2D eigenvalue weighted by Gasteiger charge is -2.29. The summed E-state index contributed by atoms with van der Waals surface area (Å²) in [5, 5.41) is 3.02. The Morgan fingerprint density at radius 3 is 2.43 bits per heavy atom. The topological polar surface area (TPSA) is 62.3 Å². The largest absolute Gasteiger partial charge is 0.298 e. The van der Waals surface area contributed by atoms with Crippen LogP contribution in [0.4, 0.5) is 10.1 Å². The number of hydrogen-bond acceptors (Lipinski definition) is 4. The van der Waals surface area contributed by atoms with Crippen molar-refractivity contribution in [3.05, 3.63) is 89.0 Å². The Morgan fingerprint density at radius 2 is 1.73 bits per heavy atom. The summed E-state index contributed by atoms with van der Waals surface area (Å²) in [7, 11) is 0. The normalized spacial score (nSPS) is 15.5. The SMILES string of the molecule is O=C1NC(=S)N(c2ccc(Cl)cc2)C(=O)C1=Cc1cnccc1-c1ccc(F)cc1. The molecule has 3 aromatic rings. The van der Waals surface area contributed by atoms with Crippen molar-refractivity contribution in [3.63, 3.8) is 0 Å². The van der Waals surface area contributed by atoms with Crippen molar-refractivity contribution in [2.45, 2.75) is 0 Å². The molecule has 30 heavy (non-hydrogen) atoms. The number of pyridine rings is 1. The second-order valence-electron chi connectivity index (χ2n) is 6.40. The van der Waals surface area contributed by atoms with Gasteiger partial charge in [0.05, 0.1) is 5.69 Å². The molecule has 1 N–H and O–H groups in total. The fourth-order valence-electron chi connectivity index (χ4n) is 3.05. The minimum atomic E-state index is -0.607. The molecule has 0 bridgehead atoms. The van der Waals surface area contributed by atoms with Gasteiger partial charge < -0.3 is 0 Å². The van der Waals surface area contributed by atoms with Gasteiger partial charge in [-0.25, -0.2) is 4.39 Å². The third-order valence-corrected chi connectivity index (χ3v) is 5.03. The van der Waals surface area contributed by atoms with Crippen molar-refractivity contribution >= 4 is 52.5 Å². The molecule has 1 saturated heterocycles. The summed E-state index contributed by atoms with van der Waals surface area (Å²) in [4.78, 5) is 31.0. The van der Waals surface area contributed by atoms with E-state index in [2.05, 4.69) is 10.3 Å². The average molecular weight is 438 g/mol. The Hall–Kier alpha value is -3.42. The summed E-state index contributed by atoms with van der Waals surface area (Å²) >= 11 is 11.1. The van der Waals surface area contributed by atoms with Gasteiger partial charge in [0.2, 0.25) is 0 Å². The molecule has 1 aliphatic rings. The first kappa shape index (κ1) is 19.9. The summed E-state index contributed by atoms with van der Waals surface area (Å²) < 4.78 is 13.3. The molecule has 4 rings (SSSR count). The van der Waals surface area contributed by atoms with Crippen LogP contribution < -0.4 is 10.2 Å². The van der Waals surface area contributed by atoms with Crippen LogP contribution in [-0.2, 0) is 9.59 Å². The van der Waals surface area contributed by atoms with Gasteiger partial charge in [-0.3, -0.25) is 24.8 Å². The number of nitrogens with zero attached hydrogens (tertiary/aromatic N) is 2. The van der Waals surface area contributed by atoms with Crippen molar-refractivity contribution in [1.29, 1.82) is 0 Å². The maximum atomic E-state index is 13.3. The monoisotopic (exact) mass is 437 g/mol. The first-order valence-electron chi connectivity index (χ1n) is 8.81. The third kappa shape index (κ3) is 3.85. The molecular weight excluding hydrogens is 425 g/mol. The summed E-state index contributed by atoms with van der Waals surface area (Å²) in [5.74, 6) is -1.54. The van der Waals surface area contributed by atoms with E-state index in [0.717, 1.165) is 5.56 Å². The Labute approximate surface area is 181 Å².